The van der Waals surface area contributed by atoms with Crippen molar-refractivity contribution in [2.24, 2.45) is 15.8 Å². The maximum atomic E-state index is 13.0. The van der Waals surface area contributed by atoms with Crippen LogP contribution in [0.4, 0.5) is 4.39 Å². The molecule has 1 aromatic carbocycles. The zero-order valence-corrected chi connectivity index (χ0v) is 12.3. The third kappa shape index (κ3) is 3.66. The summed E-state index contributed by atoms with van der Waals surface area (Å²) in [6.07, 6.45) is -0.600. The Bertz CT molecular complexity index is 558. The van der Waals surface area contributed by atoms with Gasteiger partial charge in [-0.2, -0.15) is 0 Å². The number of amidine groups is 1. The van der Waals surface area contributed by atoms with E-state index in [0.29, 0.717) is 11.7 Å². The Balaban J connectivity index is 2.14. The van der Waals surface area contributed by atoms with Crippen molar-refractivity contribution in [1.82, 2.24) is 0 Å². The summed E-state index contributed by atoms with van der Waals surface area (Å²) in [5.74, 6) is 0. The molecule has 0 radical (unpaired) electrons. The molecule has 21 heavy (non-hydrogen) atoms. The standard InChI is InChI=1S/C13H16FN5OS/c1-20-12(10(6-14)18-19-16)9-4-2-8(3-5-9)11-7-17-13(15)21-11/h2-5,10-12H,6-7H2,1H3,(H2,15,17)/t10-,11?,12-/m1/s1. The second kappa shape index (κ2) is 7.31. The molecule has 0 bridgehead atoms. The number of alkyl halides is 1. The average Bonchev–Trinajstić information content (AvgIpc) is 2.94. The summed E-state index contributed by atoms with van der Waals surface area (Å²) in [6, 6.07) is 6.73. The summed E-state index contributed by atoms with van der Waals surface area (Å²) in [4.78, 5) is 6.82. The highest BCUT2D eigenvalue weighted by Crippen LogP contribution is 2.34. The van der Waals surface area contributed by atoms with E-state index in [1.165, 1.54) is 18.9 Å². The number of nitrogens with zero attached hydrogens (tertiary/aromatic N) is 4. The van der Waals surface area contributed by atoms with Crippen LogP contribution < -0.4 is 5.73 Å². The second-order valence-electron chi connectivity index (χ2n) is 4.53. The molecule has 0 fully saturated rings. The van der Waals surface area contributed by atoms with Crippen LogP contribution in [0.1, 0.15) is 22.5 Å². The van der Waals surface area contributed by atoms with Crippen LogP contribution in [0.2, 0.25) is 0 Å². The van der Waals surface area contributed by atoms with Crippen molar-refractivity contribution >= 4 is 16.9 Å². The van der Waals surface area contributed by atoms with Gasteiger partial charge in [-0.3, -0.25) is 9.38 Å². The predicted molar refractivity (Wildman–Crippen MR) is 81.9 cm³/mol. The summed E-state index contributed by atoms with van der Waals surface area (Å²) in [5, 5.41) is 4.26. The van der Waals surface area contributed by atoms with E-state index in [1.807, 2.05) is 24.3 Å². The van der Waals surface area contributed by atoms with Crippen molar-refractivity contribution in [3.05, 3.63) is 45.8 Å². The molecule has 2 N–H and O–H groups in total. The van der Waals surface area contributed by atoms with E-state index < -0.39 is 18.8 Å². The van der Waals surface area contributed by atoms with E-state index in [0.717, 1.165) is 11.1 Å². The number of nitrogens with two attached hydrogens (primary N) is 1. The number of methoxy groups -OCH3 is 1. The summed E-state index contributed by atoms with van der Waals surface area (Å²) in [5.41, 5.74) is 16.0. The third-order valence-electron chi connectivity index (χ3n) is 3.27. The predicted octanol–water partition coefficient (Wildman–Crippen LogP) is 3.13. The molecule has 0 saturated carbocycles. The summed E-state index contributed by atoms with van der Waals surface area (Å²) in [7, 11) is 1.47. The lowest BCUT2D eigenvalue weighted by Gasteiger charge is -2.20. The molecule has 0 saturated heterocycles. The zero-order valence-electron chi connectivity index (χ0n) is 11.5. The summed E-state index contributed by atoms with van der Waals surface area (Å²) >= 11 is 1.53. The van der Waals surface area contributed by atoms with Gasteiger partial charge in [0.05, 0.1) is 23.9 Å². The fourth-order valence-electron chi connectivity index (χ4n) is 2.22. The van der Waals surface area contributed by atoms with Gasteiger partial charge in [0.2, 0.25) is 0 Å². The van der Waals surface area contributed by atoms with E-state index in [1.54, 1.807) is 0 Å². The molecule has 0 aromatic heterocycles. The van der Waals surface area contributed by atoms with Crippen molar-refractivity contribution in [3.63, 3.8) is 0 Å². The zero-order chi connectivity index (χ0) is 15.2. The molecule has 1 aliphatic rings. The van der Waals surface area contributed by atoms with Crippen LogP contribution in [-0.4, -0.2) is 31.5 Å². The number of benzene rings is 1. The Morgan fingerprint density at radius 2 is 2.29 bits per heavy atom. The lowest BCUT2D eigenvalue weighted by Crippen LogP contribution is -2.20. The Hall–Kier alpha value is -1.76. The van der Waals surface area contributed by atoms with Gasteiger partial charge in [0.25, 0.3) is 0 Å². The van der Waals surface area contributed by atoms with Crippen LogP contribution in [0.15, 0.2) is 34.4 Å². The smallest absolute Gasteiger partial charge is 0.154 e. The van der Waals surface area contributed by atoms with E-state index in [2.05, 4.69) is 15.0 Å². The van der Waals surface area contributed by atoms with E-state index >= 15 is 0 Å². The Kier molecular flexibility index (Phi) is 5.44. The molecule has 112 valence electrons. The molecule has 6 nitrogen and oxygen atoms in total. The SMILES string of the molecule is CO[C@H](c1ccc(C2CN=C(N)S2)cc1)[C@@H](CF)N=[N+]=[N-]. The number of aliphatic imine (C=N–C) groups is 1. The van der Waals surface area contributed by atoms with Gasteiger partial charge in [0.15, 0.2) is 5.17 Å². The minimum Gasteiger partial charge on any atom is -0.379 e. The second-order valence-corrected chi connectivity index (χ2v) is 5.76. The first-order chi connectivity index (χ1) is 10.2. The van der Waals surface area contributed by atoms with Gasteiger partial charge in [-0.15, -0.1) is 0 Å². The van der Waals surface area contributed by atoms with Crippen molar-refractivity contribution < 1.29 is 9.13 Å². The molecular formula is C13H16FN5OS. The molecule has 0 amide bonds. The molecule has 0 aliphatic carbocycles. The lowest BCUT2D eigenvalue weighted by atomic mass is 10.0. The van der Waals surface area contributed by atoms with Crippen LogP contribution in [0.5, 0.6) is 0 Å². The molecular weight excluding hydrogens is 293 g/mol. The van der Waals surface area contributed by atoms with Gasteiger partial charge in [-0.1, -0.05) is 41.1 Å². The number of hydrogen-bond donors (Lipinski definition) is 1. The molecule has 1 aromatic rings. The van der Waals surface area contributed by atoms with Crippen molar-refractivity contribution in [1.29, 1.82) is 0 Å². The third-order valence-corrected chi connectivity index (χ3v) is 4.35. The van der Waals surface area contributed by atoms with Crippen molar-refractivity contribution in [2.45, 2.75) is 17.4 Å². The molecule has 1 heterocycles. The van der Waals surface area contributed by atoms with Crippen LogP contribution in [-0.2, 0) is 4.74 Å². The first-order valence-corrected chi connectivity index (χ1v) is 7.27. The Morgan fingerprint density at radius 1 is 1.57 bits per heavy atom. The molecule has 3 atom stereocenters. The minimum atomic E-state index is -0.870. The monoisotopic (exact) mass is 309 g/mol. The summed E-state index contributed by atoms with van der Waals surface area (Å²) < 4.78 is 18.2. The van der Waals surface area contributed by atoms with E-state index in [4.69, 9.17) is 16.0 Å². The van der Waals surface area contributed by atoms with Crippen LogP contribution in [0.3, 0.4) is 0 Å². The quantitative estimate of drug-likeness (QED) is 0.496. The molecule has 8 heteroatoms. The van der Waals surface area contributed by atoms with Gasteiger partial charge < -0.3 is 10.5 Å². The van der Waals surface area contributed by atoms with Crippen LogP contribution >= 0.6 is 11.8 Å². The lowest BCUT2D eigenvalue weighted by molar-refractivity contribution is 0.0722. The Morgan fingerprint density at radius 3 is 2.76 bits per heavy atom. The van der Waals surface area contributed by atoms with Gasteiger partial charge in [0, 0.05) is 12.0 Å². The number of thioether (sulfide) groups is 1. The maximum Gasteiger partial charge on any atom is 0.154 e. The highest BCUT2D eigenvalue weighted by molar-refractivity contribution is 8.14. The normalized spacial score (nSPS) is 20.5. The first-order valence-electron chi connectivity index (χ1n) is 6.39. The largest absolute Gasteiger partial charge is 0.379 e. The van der Waals surface area contributed by atoms with Crippen LogP contribution in [0, 0.1) is 0 Å². The highest BCUT2D eigenvalue weighted by atomic mass is 32.2. The fourth-order valence-corrected chi connectivity index (χ4v) is 3.10. The van der Waals surface area contributed by atoms with Gasteiger partial charge in [0.1, 0.15) is 6.67 Å². The first kappa shape index (κ1) is 15.6. The Labute approximate surface area is 126 Å². The molecule has 0 spiro atoms. The van der Waals surface area contributed by atoms with Gasteiger partial charge in [-0.25, -0.2) is 0 Å². The molecule has 1 aliphatic heterocycles. The minimum absolute atomic E-state index is 0.217. The van der Waals surface area contributed by atoms with Gasteiger partial charge in [-0.05, 0) is 16.7 Å². The maximum absolute atomic E-state index is 13.0. The molecule has 1 unspecified atom stereocenters. The summed E-state index contributed by atoms with van der Waals surface area (Å²) in [6.45, 7) is -0.109. The van der Waals surface area contributed by atoms with Crippen molar-refractivity contribution in [3.8, 4) is 0 Å². The topological polar surface area (TPSA) is 96.4 Å². The van der Waals surface area contributed by atoms with Crippen molar-refractivity contribution in [2.75, 3.05) is 20.3 Å². The number of halogens is 1. The number of hydrogen-bond acceptors (Lipinski definition) is 5. The fraction of sp³-hybridized carbons (Fsp3) is 0.462. The number of azide groups is 1. The van der Waals surface area contributed by atoms with E-state index in [9.17, 15) is 4.39 Å². The van der Waals surface area contributed by atoms with Crippen LogP contribution in [0.25, 0.3) is 10.4 Å². The molecule has 2 rings (SSSR count). The highest BCUT2D eigenvalue weighted by Gasteiger charge is 2.23. The average molecular weight is 309 g/mol. The number of ether oxygens (including phenoxy) is 1. The van der Waals surface area contributed by atoms with Gasteiger partial charge >= 0.3 is 0 Å². The van der Waals surface area contributed by atoms with E-state index in [-0.39, 0.29) is 5.25 Å². The number of rotatable bonds is 6.